The molecule has 4 rings (SSSR count). The fourth-order valence-corrected chi connectivity index (χ4v) is 8.56. The van der Waals surface area contributed by atoms with Gasteiger partial charge in [-0.05, 0) is 61.4 Å². The van der Waals surface area contributed by atoms with Gasteiger partial charge in [0.05, 0.1) is 16.1 Å². The van der Waals surface area contributed by atoms with Crippen molar-refractivity contribution in [2.45, 2.75) is 99.6 Å². The molecule has 52 heavy (non-hydrogen) atoms. The third-order valence-electron chi connectivity index (χ3n) is 9.07. The van der Waals surface area contributed by atoms with E-state index in [-0.39, 0.29) is 22.8 Å². The number of thioether (sulfide) groups is 1. The number of amides is 2. The molecule has 2 amide bonds. The van der Waals surface area contributed by atoms with Crippen LogP contribution in [0.3, 0.4) is 0 Å². The summed E-state index contributed by atoms with van der Waals surface area (Å²) >= 11 is 1.34. The molecule has 0 saturated carbocycles. The average molecular weight is 755 g/mol. The number of rotatable bonds is 18. The Labute approximate surface area is 310 Å². The summed E-state index contributed by atoms with van der Waals surface area (Å²) in [6, 6.07) is 16.1. The van der Waals surface area contributed by atoms with E-state index in [1.807, 2.05) is 36.6 Å². The number of para-hydroxylation sites is 1. The quantitative estimate of drug-likeness (QED) is 0.0932. The number of ether oxygens (including phenoxy) is 1. The Morgan fingerprint density at radius 3 is 2.19 bits per heavy atom. The van der Waals surface area contributed by atoms with E-state index in [2.05, 4.69) is 34.1 Å². The molecule has 1 heterocycles. The molecule has 0 bridgehead atoms. The molecule has 1 aliphatic rings. The predicted octanol–water partition coefficient (Wildman–Crippen LogP) is 6.27. The molecule has 0 aliphatic carbocycles. The normalized spacial score (nSPS) is 15.8. The van der Waals surface area contributed by atoms with Crippen molar-refractivity contribution in [3.05, 3.63) is 72.3 Å². The van der Waals surface area contributed by atoms with E-state index in [0.29, 0.717) is 42.0 Å². The number of aromatic hydroxyl groups is 1. The van der Waals surface area contributed by atoms with Crippen LogP contribution in [0.5, 0.6) is 11.5 Å². The number of hydrogen-bond acceptors (Lipinski definition) is 9. The molecule has 1 unspecified atom stereocenters. The van der Waals surface area contributed by atoms with Gasteiger partial charge in [-0.15, -0.1) is 11.8 Å². The molecule has 3 aromatic carbocycles. The van der Waals surface area contributed by atoms with Gasteiger partial charge in [-0.1, -0.05) is 83.2 Å². The number of nitrogens with zero attached hydrogens (tertiary/aromatic N) is 1. The summed E-state index contributed by atoms with van der Waals surface area (Å²) < 4.78 is 37.7. The van der Waals surface area contributed by atoms with Crippen molar-refractivity contribution in [3.8, 4) is 11.5 Å². The number of carboxylic acids is 1. The van der Waals surface area contributed by atoms with Gasteiger partial charge in [0.1, 0.15) is 28.5 Å². The molecule has 0 aromatic heterocycles. The van der Waals surface area contributed by atoms with Crippen LogP contribution < -0.4 is 25.0 Å². The van der Waals surface area contributed by atoms with Crippen LogP contribution >= 0.6 is 11.8 Å². The van der Waals surface area contributed by atoms with Crippen molar-refractivity contribution in [3.63, 3.8) is 0 Å². The van der Waals surface area contributed by atoms with Gasteiger partial charge in [0.25, 0.3) is 5.91 Å². The number of hydrogen-bond donors (Lipinski definition) is 5. The summed E-state index contributed by atoms with van der Waals surface area (Å²) in [5, 5.41) is 24.5. The summed E-state index contributed by atoms with van der Waals surface area (Å²) in [7, 11) is -4.07. The van der Waals surface area contributed by atoms with Crippen molar-refractivity contribution < 1.29 is 37.8 Å². The zero-order chi connectivity index (χ0) is 37.9. The maximum absolute atomic E-state index is 14.3. The monoisotopic (exact) mass is 754 g/mol. The molecule has 5 N–H and O–H groups in total. The highest BCUT2D eigenvalue weighted by Crippen LogP contribution is 2.44. The zero-order valence-electron chi connectivity index (χ0n) is 30.2. The number of nitrogens with one attached hydrogen (secondary N) is 3. The number of aliphatic carboxylic acids is 1. The Balaban J connectivity index is 1.68. The lowest BCUT2D eigenvalue weighted by molar-refractivity contribution is -0.142. The van der Waals surface area contributed by atoms with Gasteiger partial charge >= 0.3 is 5.97 Å². The third-order valence-corrected chi connectivity index (χ3v) is 11.4. The number of carbonyl (C=O) groups excluding carboxylic acids is 2. The van der Waals surface area contributed by atoms with Gasteiger partial charge in [0.2, 0.25) is 15.9 Å². The first kappa shape index (κ1) is 40.5. The van der Waals surface area contributed by atoms with Crippen LogP contribution in [0.15, 0.2) is 76.5 Å². The van der Waals surface area contributed by atoms with Gasteiger partial charge in [-0.3, -0.25) is 9.59 Å². The number of carboxylic acid groups (broad SMARTS) is 1. The van der Waals surface area contributed by atoms with Crippen molar-refractivity contribution in [2.24, 2.45) is 0 Å². The maximum Gasteiger partial charge on any atom is 0.326 e. The molecule has 0 spiro atoms. The minimum atomic E-state index is -4.07. The Hall–Kier alpha value is -4.27. The molecule has 14 heteroatoms. The standard InChI is InChI=1S/C38H50N4O8S2/c1-5-8-20-38(21-9-6-2)25-42(27-14-11-10-12-15-27)30-22-32(51-4)31(23-33(30)52(48,49)41-38)50-24-34(44)40-35(26-16-18-28(43)19-17-26)36(45)39-29(13-7-3)37(46)47/h10-12,14-19,22-23,29,35,41,43H,5-9,13,20-21,24-25H2,1-4H3,(H,39,45)(H,40,44)(H,46,47)/t29-,35?/m0/s1. The maximum atomic E-state index is 14.3. The lowest BCUT2D eigenvalue weighted by atomic mass is 9.87. The van der Waals surface area contributed by atoms with E-state index in [1.165, 1.54) is 42.1 Å². The van der Waals surface area contributed by atoms with Crippen LogP contribution in [0.2, 0.25) is 0 Å². The fourth-order valence-electron chi connectivity index (χ4n) is 6.36. The van der Waals surface area contributed by atoms with Crippen molar-refractivity contribution >= 4 is 50.9 Å². The fraction of sp³-hybridized carbons (Fsp3) is 0.447. The number of phenols is 1. The van der Waals surface area contributed by atoms with Gasteiger partial charge < -0.3 is 30.5 Å². The van der Waals surface area contributed by atoms with Crippen molar-refractivity contribution in [1.82, 2.24) is 15.4 Å². The number of benzene rings is 3. The zero-order valence-corrected chi connectivity index (χ0v) is 31.8. The van der Waals surface area contributed by atoms with Crippen LogP contribution in [0.25, 0.3) is 0 Å². The summed E-state index contributed by atoms with van der Waals surface area (Å²) in [5.74, 6) is -2.53. The number of anilines is 2. The van der Waals surface area contributed by atoms with Crippen LogP contribution in [-0.2, 0) is 24.4 Å². The van der Waals surface area contributed by atoms with Gasteiger partial charge in [0, 0.05) is 18.3 Å². The minimum absolute atomic E-state index is 0.0245. The number of phenolic OH excluding ortho intramolecular Hbond substituents is 1. The molecule has 12 nitrogen and oxygen atoms in total. The van der Waals surface area contributed by atoms with Crippen LogP contribution in [0.4, 0.5) is 11.4 Å². The number of carbonyl (C=O) groups is 3. The Morgan fingerprint density at radius 2 is 1.62 bits per heavy atom. The molecular weight excluding hydrogens is 705 g/mol. The molecule has 0 saturated heterocycles. The van der Waals surface area contributed by atoms with Crippen LogP contribution in [0.1, 0.15) is 83.7 Å². The summed E-state index contributed by atoms with van der Waals surface area (Å²) in [4.78, 5) is 41.2. The SMILES string of the molecule is CCCCC1(CCCC)CN(c2ccccc2)c2cc(SC)c(OCC(=O)NC(C(=O)N[C@@H](CCC)C(=O)O)c3ccc(O)cc3)cc2S(=O)(=O)N1. The van der Waals surface area contributed by atoms with E-state index in [1.54, 1.807) is 13.0 Å². The average Bonchev–Trinajstić information content (AvgIpc) is 3.22. The van der Waals surface area contributed by atoms with Crippen molar-refractivity contribution in [2.75, 3.05) is 24.3 Å². The third kappa shape index (κ3) is 10.2. The molecule has 2 atom stereocenters. The lowest BCUT2D eigenvalue weighted by Gasteiger charge is -2.37. The predicted molar refractivity (Wildman–Crippen MR) is 203 cm³/mol. The topological polar surface area (TPSA) is 174 Å². The first-order chi connectivity index (χ1) is 24.9. The first-order valence-corrected chi connectivity index (χ1v) is 20.4. The molecule has 0 radical (unpaired) electrons. The highest BCUT2D eigenvalue weighted by atomic mass is 32.2. The lowest BCUT2D eigenvalue weighted by Crippen LogP contribution is -2.53. The van der Waals surface area contributed by atoms with Crippen LogP contribution in [-0.4, -0.2) is 67.4 Å². The summed E-state index contributed by atoms with van der Waals surface area (Å²) in [5.41, 5.74) is 0.939. The summed E-state index contributed by atoms with van der Waals surface area (Å²) in [6.45, 7) is 5.83. The largest absolute Gasteiger partial charge is 0.508 e. The second kappa shape index (κ2) is 18.5. The Kier molecular flexibility index (Phi) is 14.4. The molecule has 0 fully saturated rings. The second-order valence-corrected chi connectivity index (χ2v) is 15.6. The van der Waals surface area contributed by atoms with E-state index in [9.17, 15) is 33.0 Å². The van der Waals surface area contributed by atoms with Crippen molar-refractivity contribution in [1.29, 1.82) is 0 Å². The van der Waals surface area contributed by atoms with E-state index in [4.69, 9.17) is 4.74 Å². The van der Waals surface area contributed by atoms with Gasteiger partial charge in [-0.2, -0.15) is 0 Å². The minimum Gasteiger partial charge on any atom is -0.508 e. The smallest absolute Gasteiger partial charge is 0.326 e. The molecular formula is C38H50N4O8S2. The number of unbranched alkanes of at least 4 members (excludes halogenated alkanes) is 2. The van der Waals surface area contributed by atoms with E-state index < -0.39 is 52.0 Å². The Bertz CT molecular complexity index is 1780. The van der Waals surface area contributed by atoms with Gasteiger partial charge in [-0.25, -0.2) is 17.9 Å². The Morgan fingerprint density at radius 1 is 0.962 bits per heavy atom. The van der Waals surface area contributed by atoms with E-state index >= 15 is 0 Å². The second-order valence-electron chi connectivity index (χ2n) is 13.1. The summed E-state index contributed by atoms with van der Waals surface area (Å²) in [6.07, 6.45) is 7.39. The molecule has 282 valence electrons. The highest BCUT2D eigenvalue weighted by Gasteiger charge is 2.42. The number of sulfonamides is 1. The van der Waals surface area contributed by atoms with Gasteiger partial charge in [0.15, 0.2) is 6.61 Å². The highest BCUT2D eigenvalue weighted by molar-refractivity contribution is 7.98. The molecule has 3 aromatic rings. The van der Waals surface area contributed by atoms with E-state index in [0.717, 1.165) is 31.4 Å². The number of fused-ring (bicyclic) bond motifs is 1. The van der Waals surface area contributed by atoms with Crippen LogP contribution in [0, 0.1) is 0 Å². The first-order valence-electron chi connectivity index (χ1n) is 17.7. The molecule has 1 aliphatic heterocycles.